The van der Waals surface area contributed by atoms with Crippen molar-refractivity contribution < 1.29 is 9.18 Å². The Balaban J connectivity index is 2.08. The van der Waals surface area contributed by atoms with Crippen molar-refractivity contribution in [3.05, 3.63) is 48.0 Å². The summed E-state index contributed by atoms with van der Waals surface area (Å²) in [6.07, 6.45) is 3.34. The normalized spacial score (nSPS) is 10.7. The van der Waals surface area contributed by atoms with E-state index in [-0.39, 0.29) is 17.8 Å². The van der Waals surface area contributed by atoms with Crippen molar-refractivity contribution in [3.63, 3.8) is 0 Å². The molecule has 1 heterocycles. The van der Waals surface area contributed by atoms with Crippen molar-refractivity contribution in [1.29, 1.82) is 0 Å². The summed E-state index contributed by atoms with van der Waals surface area (Å²) in [5.74, 6) is -0.641. The lowest BCUT2D eigenvalue weighted by atomic mass is 10.2. The third kappa shape index (κ3) is 2.74. The Kier molecular flexibility index (Phi) is 3.41. The number of halogens is 1. The molecule has 0 atom stereocenters. The van der Waals surface area contributed by atoms with E-state index in [1.807, 2.05) is 13.8 Å². The first-order chi connectivity index (χ1) is 8.56. The summed E-state index contributed by atoms with van der Waals surface area (Å²) in [6.45, 7) is 4.00. The molecule has 0 bridgehead atoms. The van der Waals surface area contributed by atoms with Crippen LogP contribution < -0.4 is 5.32 Å². The number of carbonyl (C=O) groups is 1. The smallest absolute Gasteiger partial charge is 0.255 e. The Bertz CT molecular complexity index is 546. The van der Waals surface area contributed by atoms with Gasteiger partial charge in [0.1, 0.15) is 5.82 Å². The highest BCUT2D eigenvalue weighted by molar-refractivity contribution is 6.04. The van der Waals surface area contributed by atoms with Crippen LogP contribution in [0, 0.1) is 5.82 Å². The molecule has 0 aliphatic rings. The number of carbonyl (C=O) groups excluding carboxylic acids is 1. The molecule has 2 rings (SSSR count). The summed E-state index contributed by atoms with van der Waals surface area (Å²) in [5.41, 5.74) is 1.03. The molecular formula is C13H14FN3O. The fourth-order valence-corrected chi connectivity index (χ4v) is 1.49. The van der Waals surface area contributed by atoms with Gasteiger partial charge in [-0.2, -0.15) is 5.10 Å². The number of rotatable bonds is 3. The summed E-state index contributed by atoms with van der Waals surface area (Å²) in [6, 6.07) is 5.63. The Morgan fingerprint density at radius 3 is 2.56 bits per heavy atom. The molecule has 0 unspecified atom stereocenters. The van der Waals surface area contributed by atoms with Crippen LogP contribution in [-0.4, -0.2) is 15.7 Å². The van der Waals surface area contributed by atoms with E-state index >= 15 is 0 Å². The molecule has 0 saturated heterocycles. The number of hydrogen-bond acceptors (Lipinski definition) is 2. The number of aromatic nitrogens is 2. The van der Waals surface area contributed by atoms with Crippen LogP contribution in [0.4, 0.5) is 10.1 Å². The van der Waals surface area contributed by atoms with Crippen LogP contribution in [0.15, 0.2) is 36.7 Å². The Morgan fingerprint density at radius 1 is 1.33 bits per heavy atom. The highest BCUT2D eigenvalue weighted by Gasteiger charge is 2.08. The summed E-state index contributed by atoms with van der Waals surface area (Å²) < 4.78 is 14.5. The fraction of sp³-hybridized carbons (Fsp3) is 0.231. The number of nitrogens with one attached hydrogen (secondary N) is 1. The van der Waals surface area contributed by atoms with Gasteiger partial charge >= 0.3 is 0 Å². The van der Waals surface area contributed by atoms with Gasteiger partial charge in [0.2, 0.25) is 0 Å². The van der Waals surface area contributed by atoms with E-state index in [1.54, 1.807) is 17.1 Å². The first-order valence-corrected chi connectivity index (χ1v) is 5.67. The van der Waals surface area contributed by atoms with Crippen molar-refractivity contribution in [1.82, 2.24) is 9.78 Å². The topological polar surface area (TPSA) is 46.9 Å². The number of benzene rings is 1. The number of anilines is 1. The second kappa shape index (κ2) is 5.00. The van der Waals surface area contributed by atoms with E-state index in [4.69, 9.17) is 0 Å². The fourth-order valence-electron chi connectivity index (χ4n) is 1.49. The second-order valence-electron chi connectivity index (χ2n) is 4.26. The van der Waals surface area contributed by atoms with Crippen LogP contribution in [-0.2, 0) is 0 Å². The summed E-state index contributed by atoms with van der Waals surface area (Å²) >= 11 is 0. The third-order valence-electron chi connectivity index (χ3n) is 2.49. The van der Waals surface area contributed by atoms with E-state index < -0.39 is 0 Å². The zero-order valence-electron chi connectivity index (χ0n) is 10.2. The van der Waals surface area contributed by atoms with E-state index in [1.165, 1.54) is 24.3 Å². The predicted molar refractivity (Wildman–Crippen MR) is 67.0 cm³/mol. The average Bonchev–Trinajstić information content (AvgIpc) is 2.78. The van der Waals surface area contributed by atoms with Crippen LogP contribution in [0.5, 0.6) is 0 Å². The molecule has 1 aromatic carbocycles. The van der Waals surface area contributed by atoms with Crippen molar-refractivity contribution in [2.75, 3.05) is 5.32 Å². The molecule has 0 aliphatic heterocycles. The van der Waals surface area contributed by atoms with E-state index in [9.17, 15) is 9.18 Å². The minimum atomic E-state index is -0.362. The van der Waals surface area contributed by atoms with E-state index in [0.29, 0.717) is 11.3 Å². The standard InChI is InChI=1S/C13H14FN3O/c1-9(2)17-8-12(7-15-17)16-13(18)10-3-5-11(14)6-4-10/h3-9H,1-2H3,(H,16,18). The van der Waals surface area contributed by atoms with Crippen LogP contribution in [0.1, 0.15) is 30.2 Å². The summed E-state index contributed by atoms with van der Waals surface area (Å²) in [7, 11) is 0. The number of nitrogens with zero attached hydrogens (tertiary/aromatic N) is 2. The van der Waals surface area contributed by atoms with Crippen LogP contribution >= 0.6 is 0 Å². The highest BCUT2D eigenvalue weighted by Crippen LogP contribution is 2.12. The van der Waals surface area contributed by atoms with Gasteiger partial charge in [0.25, 0.3) is 5.91 Å². The highest BCUT2D eigenvalue weighted by atomic mass is 19.1. The van der Waals surface area contributed by atoms with Gasteiger partial charge in [0.15, 0.2) is 0 Å². The lowest BCUT2D eigenvalue weighted by molar-refractivity contribution is 0.102. The van der Waals surface area contributed by atoms with Gasteiger partial charge in [0, 0.05) is 17.8 Å². The third-order valence-corrected chi connectivity index (χ3v) is 2.49. The Hall–Kier alpha value is -2.17. The largest absolute Gasteiger partial charge is 0.319 e. The zero-order valence-corrected chi connectivity index (χ0v) is 10.2. The average molecular weight is 247 g/mol. The number of hydrogen-bond donors (Lipinski definition) is 1. The maximum Gasteiger partial charge on any atom is 0.255 e. The lowest BCUT2D eigenvalue weighted by Gasteiger charge is -2.04. The SMILES string of the molecule is CC(C)n1cc(NC(=O)c2ccc(F)cc2)cn1. The molecule has 4 nitrogen and oxygen atoms in total. The van der Waals surface area contributed by atoms with Gasteiger partial charge in [-0.3, -0.25) is 9.48 Å². The molecule has 0 saturated carbocycles. The molecule has 5 heteroatoms. The molecule has 1 amide bonds. The second-order valence-corrected chi connectivity index (χ2v) is 4.26. The first kappa shape index (κ1) is 12.3. The predicted octanol–water partition coefficient (Wildman–Crippen LogP) is 2.86. The van der Waals surface area contributed by atoms with Gasteiger partial charge in [-0.15, -0.1) is 0 Å². The quantitative estimate of drug-likeness (QED) is 0.906. The molecule has 0 aliphatic carbocycles. The minimum absolute atomic E-state index is 0.237. The maximum atomic E-state index is 12.7. The molecule has 1 aromatic heterocycles. The molecular weight excluding hydrogens is 233 g/mol. The molecule has 1 N–H and O–H groups in total. The lowest BCUT2D eigenvalue weighted by Crippen LogP contribution is -2.11. The van der Waals surface area contributed by atoms with Gasteiger partial charge in [0.05, 0.1) is 11.9 Å². The van der Waals surface area contributed by atoms with Crippen molar-refractivity contribution in [2.24, 2.45) is 0 Å². The molecule has 0 radical (unpaired) electrons. The minimum Gasteiger partial charge on any atom is -0.319 e. The number of amides is 1. The molecule has 18 heavy (non-hydrogen) atoms. The molecule has 0 spiro atoms. The molecule has 2 aromatic rings. The Labute approximate surface area is 104 Å². The Morgan fingerprint density at radius 2 is 2.00 bits per heavy atom. The van der Waals surface area contributed by atoms with Crippen molar-refractivity contribution >= 4 is 11.6 Å². The monoisotopic (exact) mass is 247 g/mol. The van der Waals surface area contributed by atoms with Crippen molar-refractivity contribution in [2.45, 2.75) is 19.9 Å². The molecule has 0 fully saturated rings. The van der Waals surface area contributed by atoms with Gasteiger partial charge < -0.3 is 5.32 Å². The van der Waals surface area contributed by atoms with Crippen LogP contribution in [0.3, 0.4) is 0 Å². The van der Waals surface area contributed by atoms with Crippen molar-refractivity contribution in [3.8, 4) is 0 Å². The first-order valence-electron chi connectivity index (χ1n) is 5.67. The maximum absolute atomic E-state index is 12.7. The van der Waals surface area contributed by atoms with Gasteiger partial charge in [-0.05, 0) is 38.1 Å². The van der Waals surface area contributed by atoms with Gasteiger partial charge in [-0.25, -0.2) is 4.39 Å². The van der Waals surface area contributed by atoms with Gasteiger partial charge in [-0.1, -0.05) is 0 Å². The van der Waals surface area contributed by atoms with Crippen LogP contribution in [0.2, 0.25) is 0 Å². The van der Waals surface area contributed by atoms with Crippen LogP contribution in [0.25, 0.3) is 0 Å². The van der Waals surface area contributed by atoms with E-state index in [2.05, 4.69) is 10.4 Å². The van der Waals surface area contributed by atoms with E-state index in [0.717, 1.165) is 0 Å². The summed E-state index contributed by atoms with van der Waals surface area (Å²) in [5, 5.41) is 6.83. The summed E-state index contributed by atoms with van der Waals surface area (Å²) in [4.78, 5) is 11.8. The zero-order chi connectivity index (χ0) is 13.1. The molecule has 94 valence electrons.